The monoisotopic (exact) mass is 314 g/mol. The number of aryl methyl sites for hydroxylation is 1. The van der Waals surface area contributed by atoms with Crippen LogP contribution in [0.2, 0.25) is 0 Å². The third-order valence-corrected chi connectivity index (χ3v) is 6.66. The fraction of sp³-hybridized carbons (Fsp3) is 0.727. The van der Waals surface area contributed by atoms with Gasteiger partial charge in [-0.25, -0.2) is 0 Å². The van der Waals surface area contributed by atoms with Gasteiger partial charge in [0.1, 0.15) is 5.75 Å². The number of hydrogen-bond acceptors (Lipinski definition) is 1. The second-order valence-electron chi connectivity index (χ2n) is 8.47. The zero-order chi connectivity index (χ0) is 16.2. The third-order valence-electron chi connectivity index (χ3n) is 6.66. The van der Waals surface area contributed by atoms with Crippen LogP contribution in [0.4, 0.5) is 0 Å². The maximum absolute atomic E-state index is 9.69. The Hall–Kier alpha value is -0.980. The Morgan fingerprint density at radius 2 is 1.43 bits per heavy atom. The van der Waals surface area contributed by atoms with E-state index in [2.05, 4.69) is 19.1 Å². The second kappa shape index (κ2) is 7.73. The number of aromatic hydroxyl groups is 1. The van der Waals surface area contributed by atoms with Gasteiger partial charge in [0.25, 0.3) is 0 Å². The largest absolute Gasteiger partial charge is 0.508 e. The maximum atomic E-state index is 9.69. The van der Waals surface area contributed by atoms with Gasteiger partial charge in [0.05, 0.1) is 0 Å². The van der Waals surface area contributed by atoms with Crippen molar-refractivity contribution < 1.29 is 5.11 Å². The van der Waals surface area contributed by atoms with Gasteiger partial charge in [-0.3, -0.25) is 0 Å². The summed E-state index contributed by atoms with van der Waals surface area (Å²) < 4.78 is 0. The molecule has 0 spiro atoms. The Kier molecular flexibility index (Phi) is 5.67. The van der Waals surface area contributed by atoms with Gasteiger partial charge in [0.2, 0.25) is 0 Å². The molecule has 128 valence electrons. The molecule has 2 aliphatic rings. The summed E-state index contributed by atoms with van der Waals surface area (Å²) in [5.74, 6) is 4.15. The van der Waals surface area contributed by atoms with E-state index in [9.17, 15) is 5.11 Å². The fourth-order valence-electron chi connectivity index (χ4n) is 4.81. The molecule has 1 heteroatoms. The SMILES string of the molecule is Cc1cc(C2CCC(CCC3CCC(C)CC3)CC2)ccc1O. The molecular weight excluding hydrogens is 280 g/mol. The molecule has 0 unspecified atom stereocenters. The first-order chi connectivity index (χ1) is 11.1. The zero-order valence-corrected chi connectivity index (χ0v) is 15.1. The summed E-state index contributed by atoms with van der Waals surface area (Å²) in [5, 5.41) is 9.69. The van der Waals surface area contributed by atoms with Crippen LogP contribution in [-0.2, 0) is 0 Å². The van der Waals surface area contributed by atoms with Crippen molar-refractivity contribution >= 4 is 0 Å². The average molecular weight is 315 g/mol. The number of rotatable bonds is 4. The molecule has 23 heavy (non-hydrogen) atoms. The van der Waals surface area contributed by atoms with E-state index in [0.29, 0.717) is 5.75 Å². The Bertz CT molecular complexity index is 491. The van der Waals surface area contributed by atoms with Gasteiger partial charge in [-0.15, -0.1) is 0 Å². The lowest BCUT2D eigenvalue weighted by Gasteiger charge is -2.31. The third kappa shape index (κ3) is 4.52. The van der Waals surface area contributed by atoms with E-state index >= 15 is 0 Å². The molecule has 0 amide bonds. The summed E-state index contributed by atoms with van der Waals surface area (Å²) in [7, 11) is 0. The van der Waals surface area contributed by atoms with E-state index in [1.165, 1.54) is 69.8 Å². The van der Waals surface area contributed by atoms with Crippen LogP contribution in [0, 0.1) is 24.7 Å². The number of phenolic OH excluding ortho intramolecular Hbond substituents is 1. The lowest BCUT2D eigenvalue weighted by Crippen LogP contribution is -2.17. The van der Waals surface area contributed by atoms with Gasteiger partial charge >= 0.3 is 0 Å². The quantitative estimate of drug-likeness (QED) is 0.665. The van der Waals surface area contributed by atoms with Crippen molar-refractivity contribution in [3.63, 3.8) is 0 Å². The molecular formula is C22H34O. The van der Waals surface area contributed by atoms with Crippen LogP contribution in [-0.4, -0.2) is 5.11 Å². The van der Waals surface area contributed by atoms with Gasteiger partial charge < -0.3 is 5.11 Å². The van der Waals surface area contributed by atoms with Crippen molar-refractivity contribution in [2.45, 2.75) is 84.0 Å². The average Bonchev–Trinajstić information content (AvgIpc) is 2.57. The van der Waals surface area contributed by atoms with Crippen LogP contribution in [0.15, 0.2) is 18.2 Å². The molecule has 2 aliphatic carbocycles. The second-order valence-corrected chi connectivity index (χ2v) is 8.47. The summed E-state index contributed by atoms with van der Waals surface area (Å²) in [6.45, 7) is 4.43. The van der Waals surface area contributed by atoms with Crippen molar-refractivity contribution in [1.29, 1.82) is 0 Å². The summed E-state index contributed by atoms with van der Waals surface area (Å²) in [4.78, 5) is 0. The van der Waals surface area contributed by atoms with Crippen molar-refractivity contribution in [2.75, 3.05) is 0 Å². The van der Waals surface area contributed by atoms with Gasteiger partial charge in [-0.1, -0.05) is 57.6 Å². The van der Waals surface area contributed by atoms with E-state index in [-0.39, 0.29) is 0 Å². The predicted molar refractivity (Wildman–Crippen MR) is 97.9 cm³/mol. The van der Waals surface area contributed by atoms with Crippen LogP contribution >= 0.6 is 0 Å². The lowest BCUT2D eigenvalue weighted by atomic mass is 9.74. The van der Waals surface area contributed by atoms with Crippen molar-refractivity contribution in [1.82, 2.24) is 0 Å². The molecule has 2 fully saturated rings. The highest BCUT2D eigenvalue weighted by Gasteiger charge is 2.24. The summed E-state index contributed by atoms with van der Waals surface area (Å²) >= 11 is 0. The van der Waals surface area contributed by atoms with Crippen molar-refractivity contribution in [3.05, 3.63) is 29.3 Å². The molecule has 0 radical (unpaired) electrons. The van der Waals surface area contributed by atoms with E-state index in [0.717, 1.165) is 29.2 Å². The first-order valence-corrected chi connectivity index (χ1v) is 9.91. The molecule has 0 bridgehead atoms. The molecule has 1 N–H and O–H groups in total. The highest BCUT2D eigenvalue weighted by molar-refractivity contribution is 5.36. The Labute approximate surface area is 142 Å². The van der Waals surface area contributed by atoms with E-state index < -0.39 is 0 Å². The Balaban J connectivity index is 1.42. The van der Waals surface area contributed by atoms with Crippen LogP contribution in [0.5, 0.6) is 5.75 Å². The molecule has 0 saturated heterocycles. The molecule has 1 nitrogen and oxygen atoms in total. The smallest absolute Gasteiger partial charge is 0.118 e. The van der Waals surface area contributed by atoms with Crippen LogP contribution in [0.3, 0.4) is 0 Å². The van der Waals surface area contributed by atoms with Crippen LogP contribution in [0.25, 0.3) is 0 Å². The van der Waals surface area contributed by atoms with Crippen LogP contribution < -0.4 is 0 Å². The van der Waals surface area contributed by atoms with Crippen LogP contribution in [0.1, 0.15) is 88.2 Å². The first-order valence-electron chi connectivity index (χ1n) is 9.91. The predicted octanol–water partition coefficient (Wildman–Crippen LogP) is 6.58. The number of hydrogen-bond donors (Lipinski definition) is 1. The first kappa shape index (κ1) is 16.9. The normalized spacial score (nSPS) is 31.9. The topological polar surface area (TPSA) is 20.2 Å². The maximum Gasteiger partial charge on any atom is 0.118 e. The van der Waals surface area contributed by atoms with Gasteiger partial charge in [0, 0.05) is 0 Å². The summed E-state index contributed by atoms with van der Waals surface area (Å²) in [6, 6.07) is 6.21. The molecule has 0 aliphatic heterocycles. The number of benzene rings is 1. The number of phenols is 1. The minimum absolute atomic E-state index is 0.434. The molecule has 3 rings (SSSR count). The highest BCUT2D eigenvalue weighted by Crippen LogP contribution is 2.40. The van der Waals surface area contributed by atoms with Crippen molar-refractivity contribution in [2.24, 2.45) is 17.8 Å². The molecule has 2 saturated carbocycles. The fourth-order valence-corrected chi connectivity index (χ4v) is 4.81. The van der Waals surface area contributed by atoms with E-state index in [1.54, 1.807) is 0 Å². The highest BCUT2D eigenvalue weighted by atomic mass is 16.3. The summed E-state index contributed by atoms with van der Waals surface area (Å²) in [5.41, 5.74) is 2.47. The van der Waals surface area contributed by atoms with Crippen molar-refractivity contribution in [3.8, 4) is 5.75 Å². The minimum atomic E-state index is 0.434. The molecule has 0 heterocycles. The summed E-state index contributed by atoms with van der Waals surface area (Å²) in [6.07, 6.45) is 14.4. The van der Waals surface area contributed by atoms with Gasteiger partial charge in [-0.05, 0) is 73.5 Å². The lowest BCUT2D eigenvalue weighted by molar-refractivity contribution is 0.237. The van der Waals surface area contributed by atoms with E-state index in [1.807, 2.05) is 13.0 Å². The van der Waals surface area contributed by atoms with Gasteiger partial charge in [0.15, 0.2) is 0 Å². The Morgan fingerprint density at radius 3 is 2.00 bits per heavy atom. The molecule has 0 aromatic heterocycles. The standard InChI is InChI=1S/C22H34O/c1-16-3-5-18(6-4-16)7-8-19-9-11-20(12-10-19)21-13-14-22(23)17(2)15-21/h13-16,18-20,23H,3-12H2,1-2H3. The minimum Gasteiger partial charge on any atom is -0.508 e. The van der Waals surface area contributed by atoms with Gasteiger partial charge in [-0.2, -0.15) is 0 Å². The van der Waals surface area contributed by atoms with E-state index in [4.69, 9.17) is 0 Å². The zero-order valence-electron chi connectivity index (χ0n) is 15.1. The molecule has 0 atom stereocenters. The molecule has 1 aromatic rings. The Morgan fingerprint density at radius 1 is 0.870 bits per heavy atom. The molecule has 1 aromatic carbocycles.